The Morgan fingerprint density at radius 1 is 0.867 bits per heavy atom. The number of benzene rings is 3. The minimum Gasteiger partial charge on any atom is -0.459 e. The average molecular weight is 426 g/mol. The summed E-state index contributed by atoms with van der Waals surface area (Å²) in [6.45, 7) is 0.631. The van der Waals surface area contributed by atoms with Crippen LogP contribution in [0.15, 0.2) is 84.9 Å². The number of carbonyl (C=O) groups excluding carboxylic acids is 1. The minimum atomic E-state index is -3.62. The lowest BCUT2D eigenvalue weighted by molar-refractivity contribution is -0.147. The van der Waals surface area contributed by atoms with Gasteiger partial charge in [0.05, 0.1) is 6.26 Å². The average Bonchev–Trinajstić information content (AvgIpc) is 2.74. The molecule has 0 fully saturated rings. The number of ether oxygens (including phenoxy) is 1. The molecule has 0 spiro atoms. The van der Waals surface area contributed by atoms with Crippen molar-refractivity contribution in [1.82, 2.24) is 5.32 Å². The number of rotatable bonds is 9. The SMILES string of the molecule is CS(=O)(=O)Oc1ccc(C(NCc2ccccc2)C(=O)OCc2ccccc2)cc1. The van der Waals surface area contributed by atoms with E-state index >= 15 is 0 Å². The van der Waals surface area contributed by atoms with Gasteiger partial charge in [-0.25, -0.2) is 4.79 Å². The highest BCUT2D eigenvalue weighted by Crippen LogP contribution is 2.21. The topological polar surface area (TPSA) is 81.7 Å². The summed E-state index contributed by atoms with van der Waals surface area (Å²) in [4.78, 5) is 12.8. The first-order valence-corrected chi connectivity index (χ1v) is 11.2. The van der Waals surface area contributed by atoms with E-state index in [1.807, 2.05) is 60.7 Å². The molecule has 1 unspecified atom stereocenters. The molecule has 30 heavy (non-hydrogen) atoms. The van der Waals surface area contributed by atoms with Gasteiger partial charge in [-0.05, 0) is 28.8 Å². The molecule has 0 radical (unpaired) electrons. The van der Waals surface area contributed by atoms with E-state index in [0.29, 0.717) is 12.1 Å². The van der Waals surface area contributed by atoms with E-state index in [4.69, 9.17) is 8.92 Å². The van der Waals surface area contributed by atoms with Crippen molar-refractivity contribution < 1.29 is 22.1 Å². The first-order valence-electron chi connectivity index (χ1n) is 9.38. The van der Waals surface area contributed by atoms with E-state index in [9.17, 15) is 13.2 Å². The van der Waals surface area contributed by atoms with Gasteiger partial charge in [0.2, 0.25) is 0 Å². The van der Waals surface area contributed by atoms with Crippen LogP contribution in [0.5, 0.6) is 5.75 Å². The molecule has 0 aliphatic heterocycles. The summed E-state index contributed by atoms with van der Waals surface area (Å²) < 4.78 is 33.0. The quantitative estimate of drug-likeness (QED) is 0.417. The highest BCUT2D eigenvalue weighted by atomic mass is 32.2. The maximum Gasteiger partial charge on any atom is 0.328 e. The molecule has 3 aromatic rings. The fourth-order valence-electron chi connectivity index (χ4n) is 2.86. The van der Waals surface area contributed by atoms with Crippen molar-refractivity contribution in [2.45, 2.75) is 19.2 Å². The van der Waals surface area contributed by atoms with E-state index in [1.54, 1.807) is 12.1 Å². The molecule has 6 nitrogen and oxygen atoms in total. The summed E-state index contributed by atoms with van der Waals surface area (Å²) in [5.41, 5.74) is 2.56. The Labute approximate surface area is 176 Å². The molecule has 3 aromatic carbocycles. The molecular weight excluding hydrogens is 402 g/mol. The second-order valence-electron chi connectivity index (χ2n) is 6.75. The lowest BCUT2D eigenvalue weighted by atomic mass is 10.1. The van der Waals surface area contributed by atoms with Crippen molar-refractivity contribution in [2.24, 2.45) is 0 Å². The van der Waals surface area contributed by atoms with Gasteiger partial charge in [0, 0.05) is 6.54 Å². The van der Waals surface area contributed by atoms with Crippen molar-refractivity contribution in [3.8, 4) is 5.75 Å². The fraction of sp³-hybridized carbons (Fsp3) is 0.174. The van der Waals surface area contributed by atoms with Gasteiger partial charge in [0.25, 0.3) is 0 Å². The number of nitrogens with one attached hydrogen (secondary N) is 1. The molecule has 0 aliphatic rings. The standard InChI is InChI=1S/C23H23NO5S/c1-30(26,27)29-21-14-12-20(13-15-21)22(24-16-18-8-4-2-5-9-18)23(25)28-17-19-10-6-3-7-11-19/h2-15,22,24H,16-17H2,1H3. The molecule has 0 aromatic heterocycles. The number of hydrogen-bond donors (Lipinski definition) is 1. The summed E-state index contributed by atoms with van der Waals surface area (Å²) in [6, 6.07) is 24.7. The molecule has 0 saturated heterocycles. The Bertz CT molecular complexity index is 1050. The zero-order valence-corrected chi connectivity index (χ0v) is 17.3. The second-order valence-corrected chi connectivity index (χ2v) is 8.32. The smallest absolute Gasteiger partial charge is 0.328 e. The van der Waals surface area contributed by atoms with Crippen LogP contribution in [0.3, 0.4) is 0 Å². The van der Waals surface area contributed by atoms with Crippen LogP contribution >= 0.6 is 0 Å². The molecular formula is C23H23NO5S. The molecule has 156 valence electrons. The monoisotopic (exact) mass is 425 g/mol. The Hall–Kier alpha value is -3.16. The normalized spacial score (nSPS) is 12.2. The maximum atomic E-state index is 12.8. The van der Waals surface area contributed by atoms with Gasteiger partial charge in [-0.3, -0.25) is 5.32 Å². The van der Waals surface area contributed by atoms with Gasteiger partial charge in [0.1, 0.15) is 18.4 Å². The van der Waals surface area contributed by atoms with Crippen LogP contribution in [0, 0.1) is 0 Å². The number of carbonyl (C=O) groups is 1. The molecule has 0 aliphatic carbocycles. The molecule has 0 bridgehead atoms. The van der Waals surface area contributed by atoms with Gasteiger partial charge in [-0.15, -0.1) is 0 Å². The van der Waals surface area contributed by atoms with Gasteiger partial charge in [0.15, 0.2) is 0 Å². The van der Waals surface area contributed by atoms with E-state index in [1.165, 1.54) is 12.1 Å². The van der Waals surface area contributed by atoms with Gasteiger partial charge in [-0.2, -0.15) is 8.42 Å². The predicted octanol–water partition coefficient (Wildman–Crippen LogP) is 3.60. The summed E-state index contributed by atoms with van der Waals surface area (Å²) >= 11 is 0. The van der Waals surface area contributed by atoms with E-state index in [2.05, 4.69) is 5.32 Å². The number of esters is 1. The highest BCUT2D eigenvalue weighted by Gasteiger charge is 2.22. The first-order chi connectivity index (χ1) is 14.4. The van der Waals surface area contributed by atoms with Gasteiger partial charge >= 0.3 is 16.1 Å². The molecule has 1 N–H and O–H groups in total. The second kappa shape index (κ2) is 10.0. The predicted molar refractivity (Wildman–Crippen MR) is 114 cm³/mol. The number of hydrogen-bond acceptors (Lipinski definition) is 6. The van der Waals surface area contributed by atoms with Crippen LogP contribution in [0.4, 0.5) is 0 Å². The Kier molecular flexibility index (Phi) is 7.21. The Morgan fingerprint density at radius 2 is 1.43 bits per heavy atom. The van der Waals surface area contributed by atoms with Crippen molar-refractivity contribution in [3.05, 3.63) is 102 Å². The van der Waals surface area contributed by atoms with Crippen LogP contribution in [0.1, 0.15) is 22.7 Å². The zero-order chi connectivity index (χ0) is 21.4. The summed E-state index contributed by atoms with van der Waals surface area (Å²) in [5, 5.41) is 3.22. The highest BCUT2D eigenvalue weighted by molar-refractivity contribution is 7.86. The van der Waals surface area contributed by atoms with E-state index < -0.39 is 22.1 Å². The molecule has 0 amide bonds. The van der Waals surface area contributed by atoms with Crippen LogP contribution < -0.4 is 9.50 Å². The summed E-state index contributed by atoms with van der Waals surface area (Å²) in [6.07, 6.45) is 0.978. The molecule has 7 heteroatoms. The van der Waals surface area contributed by atoms with Crippen molar-refractivity contribution in [2.75, 3.05) is 6.26 Å². The van der Waals surface area contributed by atoms with Crippen LogP contribution in [-0.2, 0) is 32.8 Å². The van der Waals surface area contributed by atoms with Crippen molar-refractivity contribution in [1.29, 1.82) is 0 Å². The lowest BCUT2D eigenvalue weighted by Crippen LogP contribution is -2.30. The Morgan fingerprint density at radius 3 is 2.00 bits per heavy atom. The van der Waals surface area contributed by atoms with Crippen LogP contribution in [0.2, 0.25) is 0 Å². The van der Waals surface area contributed by atoms with E-state index in [0.717, 1.165) is 17.4 Å². The molecule has 1 atom stereocenters. The largest absolute Gasteiger partial charge is 0.459 e. The minimum absolute atomic E-state index is 0.165. The lowest BCUT2D eigenvalue weighted by Gasteiger charge is -2.19. The molecule has 0 saturated carbocycles. The zero-order valence-electron chi connectivity index (χ0n) is 16.5. The maximum absolute atomic E-state index is 12.8. The molecule has 3 rings (SSSR count). The molecule has 0 heterocycles. The van der Waals surface area contributed by atoms with Gasteiger partial charge in [-0.1, -0.05) is 72.8 Å². The first kappa shape index (κ1) is 21.5. The third kappa shape index (κ3) is 6.72. The van der Waals surface area contributed by atoms with Crippen molar-refractivity contribution >= 4 is 16.1 Å². The third-order valence-corrected chi connectivity index (χ3v) is 4.77. The Balaban J connectivity index is 1.74. The summed E-state index contributed by atoms with van der Waals surface area (Å²) in [7, 11) is -3.62. The van der Waals surface area contributed by atoms with Crippen LogP contribution in [-0.4, -0.2) is 20.6 Å². The van der Waals surface area contributed by atoms with Crippen LogP contribution in [0.25, 0.3) is 0 Å². The summed E-state index contributed by atoms with van der Waals surface area (Å²) in [5.74, 6) is -0.243. The van der Waals surface area contributed by atoms with Crippen molar-refractivity contribution in [3.63, 3.8) is 0 Å². The van der Waals surface area contributed by atoms with E-state index in [-0.39, 0.29) is 12.4 Å². The third-order valence-electron chi connectivity index (χ3n) is 4.27. The van der Waals surface area contributed by atoms with Gasteiger partial charge < -0.3 is 8.92 Å². The fourth-order valence-corrected chi connectivity index (χ4v) is 3.32.